The molecule has 5 heteroatoms. The van der Waals surface area contributed by atoms with E-state index < -0.39 is 18.0 Å². The minimum atomic E-state index is -1.12. The molecule has 0 spiro atoms. The summed E-state index contributed by atoms with van der Waals surface area (Å²) in [5.74, 6) is -1.58. The van der Waals surface area contributed by atoms with Gasteiger partial charge >= 0.3 is 11.9 Å². The van der Waals surface area contributed by atoms with Gasteiger partial charge in [0.25, 0.3) is 0 Å². The number of carbonyl (C=O) groups is 2. The van der Waals surface area contributed by atoms with Gasteiger partial charge in [0.15, 0.2) is 6.10 Å². The molecule has 1 N–H and O–H groups in total. The normalized spacial score (nSPS) is 15.9. The van der Waals surface area contributed by atoms with Gasteiger partial charge < -0.3 is 14.7 Å². The van der Waals surface area contributed by atoms with Crippen LogP contribution < -0.4 is 4.90 Å². The Morgan fingerprint density at radius 1 is 1.25 bits per heavy atom. The third-order valence-corrected chi connectivity index (χ3v) is 4.72. The van der Waals surface area contributed by atoms with Crippen molar-refractivity contribution in [2.24, 2.45) is 0 Å². The molecule has 1 unspecified atom stereocenters. The molecule has 1 aliphatic rings. The van der Waals surface area contributed by atoms with Gasteiger partial charge in [-0.3, -0.25) is 4.79 Å². The minimum absolute atomic E-state index is 0.237. The summed E-state index contributed by atoms with van der Waals surface area (Å²) < 4.78 is 4.81. The molecule has 0 aromatic heterocycles. The molecule has 0 saturated heterocycles. The number of hydrogen-bond donors (Lipinski definition) is 1. The highest BCUT2D eigenvalue weighted by atomic mass is 16.6. The van der Waals surface area contributed by atoms with Crippen LogP contribution in [-0.2, 0) is 20.7 Å². The number of hydrogen-bond acceptors (Lipinski definition) is 4. The monoisotopic (exact) mass is 333 g/mol. The predicted molar refractivity (Wildman–Crippen MR) is 93.2 cm³/mol. The zero-order chi connectivity index (χ0) is 17.5. The van der Waals surface area contributed by atoms with Crippen LogP contribution in [0.1, 0.15) is 51.0 Å². The van der Waals surface area contributed by atoms with E-state index in [0.29, 0.717) is 12.5 Å². The van der Waals surface area contributed by atoms with E-state index >= 15 is 0 Å². The summed E-state index contributed by atoms with van der Waals surface area (Å²) in [5, 5.41) is 8.70. The summed E-state index contributed by atoms with van der Waals surface area (Å²) in [5.41, 5.74) is 2.41. The number of aliphatic carboxylic acids is 1. The highest BCUT2D eigenvalue weighted by Crippen LogP contribution is 2.27. The maximum atomic E-state index is 11.5. The average molecular weight is 333 g/mol. The molecular formula is C19H27NO4. The third kappa shape index (κ3) is 5.25. The molecule has 1 aromatic rings. The maximum absolute atomic E-state index is 11.5. The number of nitrogens with zero attached hydrogens (tertiary/aromatic N) is 1. The van der Waals surface area contributed by atoms with Gasteiger partial charge in [0.1, 0.15) is 0 Å². The van der Waals surface area contributed by atoms with E-state index in [9.17, 15) is 9.59 Å². The van der Waals surface area contributed by atoms with Crippen molar-refractivity contribution in [1.29, 1.82) is 0 Å². The second-order valence-electron chi connectivity index (χ2n) is 6.54. The Balaban J connectivity index is 1.75. The molecule has 1 aromatic carbocycles. The fraction of sp³-hybridized carbons (Fsp3) is 0.579. The number of carbonyl (C=O) groups excluding carboxylic acids is 1. The van der Waals surface area contributed by atoms with Gasteiger partial charge in [0, 0.05) is 25.2 Å². The van der Waals surface area contributed by atoms with Crippen molar-refractivity contribution >= 4 is 17.6 Å². The van der Waals surface area contributed by atoms with E-state index in [0.717, 1.165) is 6.42 Å². The molecule has 132 valence electrons. The Morgan fingerprint density at radius 2 is 1.88 bits per heavy atom. The van der Waals surface area contributed by atoms with Crippen LogP contribution in [-0.4, -0.2) is 36.2 Å². The van der Waals surface area contributed by atoms with E-state index in [4.69, 9.17) is 9.84 Å². The Hall–Kier alpha value is -2.04. The lowest BCUT2D eigenvalue weighted by Crippen LogP contribution is -2.28. The van der Waals surface area contributed by atoms with Gasteiger partial charge in [0.05, 0.1) is 0 Å². The fourth-order valence-corrected chi connectivity index (χ4v) is 3.14. The van der Waals surface area contributed by atoms with Crippen LogP contribution in [0.4, 0.5) is 5.69 Å². The second-order valence-corrected chi connectivity index (χ2v) is 6.54. The number of carboxylic acid groups (broad SMARTS) is 1. The van der Waals surface area contributed by atoms with Crippen molar-refractivity contribution in [3.8, 4) is 0 Å². The molecule has 24 heavy (non-hydrogen) atoms. The van der Waals surface area contributed by atoms with Gasteiger partial charge in [-0.15, -0.1) is 0 Å². The molecule has 1 saturated carbocycles. The first-order valence-electron chi connectivity index (χ1n) is 8.71. The van der Waals surface area contributed by atoms with E-state index in [2.05, 4.69) is 36.2 Å². The Morgan fingerprint density at radius 3 is 2.46 bits per heavy atom. The van der Waals surface area contributed by atoms with Crippen molar-refractivity contribution in [3.63, 3.8) is 0 Å². The highest BCUT2D eigenvalue weighted by Gasteiger charge is 2.19. The molecule has 0 amide bonds. The van der Waals surface area contributed by atoms with Crippen LogP contribution in [0.25, 0.3) is 0 Å². The van der Waals surface area contributed by atoms with Gasteiger partial charge in [0.2, 0.25) is 0 Å². The molecule has 2 rings (SSSR count). The number of ether oxygens (including phenoxy) is 1. The predicted octanol–water partition coefficient (Wildman–Crippen LogP) is 3.40. The van der Waals surface area contributed by atoms with E-state index in [1.807, 2.05) is 0 Å². The van der Waals surface area contributed by atoms with Crippen LogP contribution in [0.2, 0.25) is 0 Å². The first-order valence-corrected chi connectivity index (χ1v) is 8.71. The molecule has 0 aliphatic heterocycles. The molecule has 1 atom stereocenters. The molecule has 1 fully saturated rings. The number of anilines is 1. The van der Waals surface area contributed by atoms with Crippen LogP contribution in [0.5, 0.6) is 0 Å². The summed E-state index contributed by atoms with van der Waals surface area (Å²) in [7, 11) is 2.16. The van der Waals surface area contributed by atoms with Crippen LogP contribution in [0, 0.1) is 0 Å². The van der Waals surface area contributed by atoms with Crippen LogP contribution in [0.15, 0.2) is 24.3 Å². The zero-order valence-corrected chi connectivity index (χ0v) is 14.5. The lowest BCUT2D eigenvalue weighted by Gasteiger charge is -2.26. The SMILES string of the molecule is CC(OC(=O)CCCc1ccc(N(C)C2CCCC2)cc1)C(=O)O. The van der Waals surface area contributed by atoms with Crippen molar-refractivity contribution in [2.75, 3.05) is 11.9 Å². The lowest BCUT2D eigenvalue weighted by atomic mass is 10.1. The largest absolute Gasteiger partial charge is 0.479 e. The first kappa shape index (κ1) is 18.3. The standard InChI is InChI=1S/C19H27NO4/c1-14(19(22)23)24-18(21)9-5-6-15-10-12-17(13-11-15)20(2)16-7-3-4-8-16/h10-14,16H,3-9H2,1-2H3,(H,22,23). The molecule has 0 heterocycles. The van der Waals surface area contributed by atoms with Gasteiger partial charge in [-0.05, 0) is 50.3 Å². The highest BCUT2D eigenvalue weighted by molar-refractivity contribution is 5.77. The van der Waals surface area contributed by atoms with Gasteiger partial charge in [-0.1, -0.05) is 25.0 Å². The lowest BCUT2D eigenvalue weighted by molar-refractivity contribution is -0.162. The van der Waals surface area contributed by atoms with Crippen molar-refractivity contribution in [1.82, 2.24) is 0 Å². The number of carboxylic acids is 1. The molecule has 1 aliphatic carbocycles. The smallest absolute Gasteiger partial charge is 0.344 e. The first-order chi connectivity index (χ1) is 11.5. The summed E-state index contributed by atoms with van der Waals surface area (Å²) in [6, 6.07) is 9.14. The van der Waals surface area contributed by atoms with Crippen molar-refractivity contribution in [2.45, 2.75) is 64.0 Å². The summed E-state index contributed by atoms with van der Waals surface area (Å²) in [6.07, 6.45) is 5.79. The summed E-state index contributed by atoms with van der Waals surface area (Å²) in [6.45, 7) is 1.36. The molecule has 0 radical (unpaired) electrons. The summed E-state index contributed by atoms with van der Waals surface area (Å²) in [4.78, 5) is 24.5. The van der Waals surface area contributed by atoms with Gasteiger partial charge in [-0.2, -0.15) is 0 Å². The number of esters is 1. The zero-order valence-electron chi connectivity index (χ0n) is 14.5. The van der Waals surface area contributed by atoms with Crippen LogP contribution >= 0.6 is 0 Å². The van der Waals surface area contributed by atoms with Crippen molar-refractivity contribution in [3.05, 3.63) is 29.8 Å². The number of aryl methyl sites for hydroxylation is 1. The van der Waals surface area contributed by atoms with E-state index in [-0.39, 0.29) is 6.42 Å². The maximum Gasteiger partial charge on any atom is 0.344 e. The summed E-state index contributed by atoms with van der Waals surface area (Å²) >= 11 is 0. The number of rotatable bonds is 8. The van der Waals surface area contributed by atoms with E-state index in [1.165, 1.54) is 43.9 Å². The third-order valence-electron chi connectivity index (χ3n) is 4.72. The second kappa shape index (κ2) is 8.71. The number of benzene rings is 1. The minimum Gasteiger partial charge on any atom is -0.479 e. The molecule has 5 nitrogen and oxygen atoms in total. The quantitative estimate of drug-likeness (QED) is 0.739. The van der Waals surface area contributed by atoms with Crippen LogP contribution in [0.3, 0.4) is 0 Å². The van der Waals surface area contributed by atoms with Gasteiger partial charge in [-0.25, -0.2) is 4.79 Å². The van der Waals surface area contributed by atoms with Crippen molar-refractivity contribution < 1.29 is 19.4 Å². The Labute approximate surface area is 143 Å². The molecular weight excluding hydrogens is 306 g/mol. The average Bonchev–Trinajstić information content (AvgIpc) is 3.09. The Kier molecular flexibility index (Phi) is 6.64. The van der Waals surface area contributed by atoms with E-state index in [1.54, 1.807) is 0 Å². The topological polar surface area (TPSA) is 66.8 Å². The fourth-order valence-electron chi connectivity index (χ4n) is 3.14. The molecule has 0 bridgehead atoms. The Bertz CT molecular complexity index is 549.